The molecule has 0 aromatic carbocycles. The molecule has 0 unspecified atom stereocenters. The lowest BCUT2D eigenvalue weighted by Gasteiger charge is -2.29. The van der Waals surface area contributed by atoms with Crippen molar-refractivity contribution in [2.75, 3.05) is 11.9 Å². The van der Waals surface area contributed by atoms with Gasteiger partial charge in [-0.3, -0.25) is 4.79 Å². The zero-order chi connectivity index (χ0) is 15.1. The number of nitrogens with one attached hydrogen (secondary N) is 2. The topological polar surface area (TPSA) is 54.0 Å². The van der Waals surface area contributed by atoms with E-state index in [2.05, 4.69) is 22.5 Å². The van der Waals surface area contributed by atoms with Crippen molar-refractivity contribution in [1.82, 2.24) is 10.3 Å². The van der Waals surface area contributed by atoms with Crippen LogP contribution >= 0.6 is 0 Å². The smallest absolute Gasteiger partial charge is 0.251 e. The Labute approximate surface area is 127 Å². The highest BCUT2D eigenvalue weighted by atomic mass is 16.1. The first-order chi connectivity index (χ1) is 10.2. The number of hydrogen-bond acceptors (Lipinski definition) is 3. The van der Waals surface area contributed by atoms with Crippen LogP contribution in [0, 0.1) is 5.92 Å². The minimum Gasteiger partial charge on any atom is -0.370 e. The van der Waals surface area contributed by atoms with Crippen LogP contribution in [-0.4, -0.2) is 23.5 Å². The van der Waals surface area contributed by atoms with Crippen LogP contribution in [0.1, 0.15) is 62.7 Å². The van der Waals surface area contributed by atoms with Crippen LogP contribution in [0.4, 0.5) is 5.82 Å². The summed E-state index contributed by atoms with van der Waals surface area (Å²) in [4.78, 5) is 16.5. The maximum absolute atomic E-state index is 12.3. The number of hydrogen-bond donors (Lipinski definition) is 2. The monoisotopic (exact) mass is 289 g/mol. The van der Waals surface area contributed by atoms with Gasteiger partial charge in [0, 0.05) is 24.3 Å². The van der Waals surface area contributed by atoms with Crippen molar-refractivity contribution < 1.29 is 4.79 Å². The molecule has 0 spiro atoms. The van der Waals surface area contributed by atoms with Gasteiger partial charge in [-0.05, 0) is 50.7 Å². The lowest BCUT2D eigenvalue weighted by Crippen LogP contribution is -2.37. The molecule has 21 heavy (non-hydrogen) atoms. The van der Waals surface area contributed by atoms with Crippen LogP contribution in [0.3, 0.4) is 0 Å². The minimum absolute atomic E-state index is 0.0236. The molecule has 2 rings (SSSR count). The van der Waals surface area contributed by atoms with E-state index < -0.39 is 0 Å². The third-order valence-corrected chi connectivity index (χ3v) is 4.26. The van der Waals surface area contributed by atoms with Crippen LogP contribution in [-0.2, 0) is 0 Å². The molecule has 1 fully saturated rings. The Kier molecular flexibility index (Phi) is 6.03. The van der Waals surface area contributed by atoms with Crippen LogP contribution < -0.4 is 10.6 Å². The highest BCUT2D eigenvalue weighted by molar-refractivity contribution is 5.94. The molecule has 2 N–H and O–H groups in total. The molecule has 0 aliphatic heterocycles. The highest BCUT2D eigenvalue weighted by Gasteiger charge is 2.22. The van der Waals surface area contributed by atoms with Crippen molar-refractivity contribution in [2.45, 2.75) is 58.4 Å². The van der Waals surface area contributed by atoms with Gasteiger partial charge in [0.15, 0.2) is 0 Å². The summed E-state index contributed by atoms with van der Waals surface area (Å²) in [6, 6.07) is 3.93. The number of rotatable bonds is 6. The van der Waals surface area contributed by atoms with E-state index in [4.69, 9.17) is 0 Å². The fourth-order valence-corrected chi connectivity index (χ4v) is 3.12. The van der Waals surface area contributed by atoms with Gasteiger partial charge in [-0.2, -0.15) is 0 Å². The average Bonchev–Trinajstić information content (AvgIpc) is 2.50. The van der Waals surface area contributed by atoms with E-state index >= 15 is 0 Å². The minimum atomic E-state index is 0.0236. The Bertz CT molecular complexity index is 453. The molecular formula is C17H27N3O. The molecule has 1 aromatic rings. The Balaban J connectivity index is 1.86. The predicted molar refractivity (Wildman–Crippen MR) is 86.5 cm³/mol. The quantitative estimate of drug-likeness (QED) is 0.841. The molecule has 0 atom stereocenters. The summed E-state index contributed by atoms with van der Waals surface area (Å²) in [5.74, 6) is 1.65. The zero-order valence-corrected chi connectivity index (χ0v) is 13.2. The number of carbonyl (C=O) groups is 1. The third kappa shape index (κ3) is 4.73. The van der Waals surface area contributed by atoms with E-state index in [0.29, 0.717) is 11.6 Å². The van der Waals surface area contributed by atoms with Gasteiger partial charge in [-0.25, -0.2) is 4.98 Å². The second-order valence-corrected chi connectivity index (χ2v) is 5.94. The summed E-state index contributed by atoms with van der Waals surface area (Å²) in [5.41, 5.74) is 0.691. The maximum atomic E-state index is 12.3. The summed E-state index contributed by atoms with van der Waals surface area (Å²) < 4.78 is 0. The molecule has 1 heterocycles. The van der Waals surface area contributed by atoms with Crippen molar-refractivity contribution in [2.24, 2.45) is 5.92 Å². The molecule has 4 heteroatoms. The predicted octanol–water partition coefficient (Wildman–Crippen LogP) is 3.60. The molecule has 1 aromatic heterocycles. The van der Waals surface area contributed by atoms with Gasteiger partial charge < -0.3 is 10.6 Å². The van der Waals surface area contributed by atoms with Gasteiger partial charge in [-0.15, -0.1) is 0 Å². The summed E-state index contributed by atoms with van der Waals surface area (Å²) >= 11 is 0. The Morgan fingerprint density at radius 2 is 2.05 bits per heavy atom. The van der Waals surface area contributed by atoms with E-state index in [1.165, 1.54) is 25.7 Å². The molecule has 1 aliphatic carbocycles. The Morgan fingerprint density at radius 3 is 2.71 bits per heavy atom. The van der Waals surface area contributed by atoms with Crippen LogP contribution in [0.15, 0.2) is 18.3 Å². The normalized spacial score (nSPS) is 21.8. The highest BCUT2D eigenvalue weighted by Crippen LogP contribution is 2.27. The molecule has 0 bridgehead atoms. The van der Waals surface area contributed by atoms with Gasteiger partial charge in [0.2, 0.25) is 0 Å². The second kappa shape index (κ2) is 8.01. The van der Waals surface area contributed by atoms with Crippen molar-refractivity contribution in [3.63, 3.8) is 0 Å². The molecular weight excluding hydrogens is 262 g/mol. The molecule has 0 saturated heterocycles. The van der Waals surface area contributed by atoms with Gasteiger partial charge in [0.05, 0.1) is 0 Å². The third-order valence-electron chi connectivity index (χ3n) is 4.26. The fraction of sp³-hybridized carbons (Fsp3) is 0.647. The number of aromatic nitrogens is 1. The average molecular weight is 289 g/mol. The fourth-order valence-electron chi connectivity index (χ4n) is 3.12. The van der Waals surface area contributed by atoms with Crippen LogP contribution in [0.25, 0.3) is 0 Å². The molecule has 1 aliphatic rings. The number of carbonyl (C=O) groups excluding carboxylic acids is 1. The van der Waals surface area contributed by atoms with E-state index in [1.54, 1.807) is 12.3 Å². The van der Waals surface area contributed by atoms with E-state index in [-0.39, 0.29) is 5.91 Å². The molecule has 1 saturated carbocycles. The second-order valence-electron chi connectivity index (χ2n) is 5.94. The Hall–Kier alpha value is -1.58. The van der Waals surface area contributed by atoms with Gasteiger partial charge in [0.1, 0.15) is 5.82 Å². The summed E-state index contributed by atoms with van der Waals surface area (Å²) in [6.07, 6.45) is 9.01. The number of anilines is 1. The summed E-state index contributed by atoms with van der Waals surface area (Å²) in [7, 11) is 0. The first-order valence-electron chi connectivity index (χ1n) is 8.23. The van der Waals surface area contributed by atoms with Crippen molar-refractivity contribution in [3.05, 3.63) is 23.9 Å². The molecule has 116 valence electrons. The first-order valence-corrected chi connectivity index (χ1v) is 8.23. The van der Waals surface area contributed by atoms with Crippen molar-refractivity contribution in [3.8, 4) is 0 Å². The standard InChI is InChI=1S/C17H27N3O/c1-3-5-13-6-8-15(9-7-13)20-17(21)14-10-11-19-16(12-14)18-4-2/h10-13,15H,3-9H2,1-2H3,(H,18,19)(H,20,21). The number of nitrogens with zero attached hydrogens (tertiary/aromatic N) is 1. The molecule has 0 radical (unpaired) electrons. The first kappa shape index (κ1) is 15.8. The van der Waals surface area contributed by atoms with Crippen molar-refractivity contribution in [1.29, 1.82) is 0 Å². The number of pyridine rings is 1. The molecule has 1 amide bonds. The SMILES string of the molecule is CCCC1CCC(NC(=O)c2ccnc(NCC)c2)CC1. The maximum Gasteiger partial charge on any atom is 0.251 e. The summed E-state index contributed by atoms with van der Waals surface area (Å²) in [6.45, 7) is 5.07. The lowest BCUT2D eigenvalue weighted by atomic mass is 9.83. The van der Waals surface area contributed by atoms with Crippen LogP contribution in [0.5, 0.6) is 0 Å². The van der Waals surface area contributed by atoms with E-state index in [0.717, 1.165) is 31.1 Å². The molecule has 4 nitrogen and oxygen atoms in total. The van der Waals surface area contributed by atoms with E-state index in [1.807, 2.05) is 13.0 Å². The lowest BCUT2D eigenvalue weighted by molar-refractivity contribution is 0.0921. The largest absolute Gasteiger partial charge is 0.370 e. The van der Waals surface area contributed by atoms with Gasteiger partial charge >= 0.3 is 0 Å². The number of amides is 1. The van der Waals surface area contributed by atoms with Crippen molar-refractivity contribution >= 4 is 11.7 Å². The summed E-state index contributed by atoms with van der Waals surface area (Å²) in [5, 5.41) is 6.31. The van der Waals surface area contributed by atoms with E-state index in [9.17, 15) is 4.79 Å². The van der Waals surface area contributed by atoms with Gasteiger partial charge in [-0.1, -0.05) is 19.8 Å². The Morgan fingerprint density at radius 1 is 1.29 bits per heavy atom. The zero-order valence-electron chi connectivity index (χ0n) is 13.2. The van der Waals surface area contributed by atoms with Gasteiger partial charge in [0.25, 0.3) is 5.91 Å². The van der Waals surface area contributed by atoms with Crippen LogP contribution in [0.2, 0.25) is 0 Å².